The molecule has 1 aromatic rings. The quantitative estimate of drug-likeness (QED) is 0.638. The molecule has 0 unspecified atom stereocenters. The van der Waals surface area contributed by atoms with Gasteiger partial charge < -0.3 is 10.1 Å². The van der Waals surface area contributed by atoms with Crippen LogP contribution in [-0.2, 0) is 22.7 Å². The number of aryl methyl sites for hydroxylation is 1. The van der Waals surface area contributed by atoms with Gasteiger partial charge in [0.05, 0.1) is 19.4 Å². The Morgan fingerprint density at radius 2 is 2.47 bits per heavy atom. The average molecular weight is 210 g/mol. The Morgan fingerprint density at radius 3 is 3.40 bits per heavy atom. The third-order valence-electron chi connectivity index (χ3n) is 2.20. The Kier molecular flexibility index (Phi) is 3.29. The first-order chi connectivity index (χ1) is 7.34. The summed E-state index contributed by atoms with van der Waals surface area (Å²) in [5, 5.41) is 10.7. The van der Waals surface area contributed by atoms with Gasteiger partial charge in [-0.05, 0) is 6.42 Å². The van der Waals surface area contributed by atoms with Crippen molar-refractivity contribution in [3.8, 4) is 0 Å². The van der Waals surface area contributed by atoms with Crippen LogP contribution in [0.5, 0.6) is 0 Å². The molecule has 0 aromatic carbocycles. The van der Waals surface area contributed by atoms with Gasteiger partial charge in [0.2, 0.25) is 5.91 Å². The van der Waals surface area contributed by atoms with Crippen LogP contribution in [0, 0.1) is 0 Å². The van der Waals surface area contributed by atoms with Crippen LogP contribution in [0.2, 0.25) is 0 Å². The minimum absolute atomic E-state index is 0.0690. The first-order valence-electron chi connectivity index (χ1n) is 5.08. The van der Waals surface area contributed by atoms with Gasteiger partial charge in [-0.3, -0.25) is 9.48 Å². The molecule has 2 heterocycles. The van der Waals surface area contributed by atoms with E-state index in [1.54, 1.807) is 4.68 Å². The van der Waals surface area contributed by atoms with Crippen molar-refractivity contribution in [2.75, 3.05) is 13.2 Å². The molecule has 0 atom stereocenters. The summed E-state index contributed by atoms with van der Waals surface area (Å²) in [5.41, 5.74) is 0.835. The third kappa shape index (κ3) is 3.02. The zero-order valence-electron chi connectivity index (χ0n) is 8.48. The normalized spacial score (nSPS) is 18.8. The van der Waals surface area contributed by atoms with Gasteiger partial charge in [-0.25, -0.2) is 0 Å². The minimum Gasteiger partial charge on any atom is -0.373 e. The number of hydrogen-bond acceptors (Lipinski definition) is 4. The van der Waals surface area contributed by atoms with Gasteiger partial charge >= 0.3 is 0 Å². The molecule has 1 aliphatic rings. The Hall–Kier alpha value is -1.43. The lowest BCUT2D eigenvalue weighted by Gasteiger charge is -2.06. The predicted octanol–water partition coefficient (Wildman–Crippen LogP) is -0.295. The molecule has 15 heavy (non-hydrogen) atoms. The monoisotopic (exact) mass is 210 g/mol. The molecule has 2 bridgehead atoms. The molecule has 6 heteroatoms. The van der Waals surface area contributed by atoms with Crippen molar-refractivity contribution in [1.82, 2.24) is 20.3 Å². The van der Waals surface area contributed by atoms with E-state index in [2.05, 4.69) is 15.6 Å². The number of amides is 1. The van der Waals surface area contributed by atoms with Crippen molar-refractivity contribution in [1.29, 1.82) is 0 Å². The van der Waals surface area contributed by atoms with E-state index in [-0.39, 0.29) is 5.91 Å². The summed E-state index contributed by atoms with van der Waals surface area (Å²) in [6.45, 7) is 2.25. The van der Waals surface area contributed by atoms with Crippen molar-refractivity contribution in [3.05, 3.63) is 11.9 Å². The number of nitrogens with zero attached hydrogens (tertiary/aromatic N) is 3. The summed E-state index contributed by atoms with van der Waals surface area (Å²) in [6.07, 6.45) is 3.17. The number of ether oxygens (including phenoxy) is 1. The molecule has 1 aromatic heterocycles. The maximum absolute atomic E-state index is 11.2. The molecule has 1 aliphatic heterocycles. The van der Waals surface area contributed by atoms with Crippen molar-refractivity contribution in [2.24, 2.45) is 0 Å². The van der Waals surface area contributed by atoms with Gasteiger partial charge in [0.25, 0.3) is 0 Å². The van der Waals surface area contributed by atoms with Crippen LogP contribution in [0.4, 0.5) is 0 Å². The van der Waals surface area contributed by atoms with Gasteiger partial charge in [-0.15, -0.1) is 5.10 Å². The zero-order valence-corrected chi connectivity index (χ0v) is 8.48. The number of hydrogen-bond donors (Lipinski definition) is 1. The fourth-order valence-electron chi connectivity index (χ4n) is 1.44. The first kappa shape index (κ1) is 10.1. The summed E-state index contributed by atoms with van der Waals surface area (Å²) in [7, 11) is 0. The van der Waals surface area contributed by atoms with E-state index in [0.717, 1.165) is 18.7 Å². The largest absolute Gasteiger partial charge is 0.373 e. The van der Waals surface area contributed by atoms with Crippen LogP contribution in [0.3, 0.4) is 0 Å². The van der Waals surface area contributed by atoms with Crippen LogP contribution >= 0.6 is 0 Å². The molecule has 0 fully saturated rings. The lowest BCUT2D eigenvalue weighted by Crippen LogP contribution is -2.27. The first-order valence-corrected chi connectivity index (χ1v) is 5.08. The third-order valence-corrected chi connectivity index (χ3v) is 2.20. The average Bonchev–Trinajstić information content (AvgIpc) is 2.64. The number of nitrogens with one attached hydrogen (secondary N) is 1. The van der Waals surface area contributed by atoms with Crippen molar-refractivity contribution in [3.63, 3.8) is 0 Å². The van der Waals surface area contributed by atoms with Crippen LogP contribution < -0.4 is 5.32 Å². The van der Waals surface area contributed by atoms with Gasteiger partial charge in [0.1, 0.15) is 5.69 Å². The molecule has 1 amide bonds. The highest BCUT2D eigenvalue weighted by molar-refractivity contribution is 5.75. The smallest absolute Gasteiger partial charge is 0.220 e. The van der Waals surface area contributed by atoms with Crippen LogP contribution in [0.25, 0.3) is 0 Å². The molecule has 1 N–H and O–H groups in total. The molecule has 0 saturated carbocycles. The molecule has 82 valence electrons. The van der Waals surface area contributed by atoms with Gasteiger partial charge in [0, 0.05) is 19.5 Å². The van der Waals surface area contributed by atoms with E-state index in [9.17, 15) is 4.79 Å². The highest BCUT2D eigenvalue weighted by Gasteiger charge is 2.05. The Labute approximate surface area is 87.6 Å². The number of aromatic nitrogens is 3. The van der Waals surface area contributed by atoms with Crippen molar-refractivity contribution in [2.45, 2.75) is 26.0 Å². The number of fused-ring (bicyclic) bond motifs is 2. The fraction of sp³-hybridized carbons (Fsp3) is 0.667. The summed E-state index contributed by atoms with van der Waals surface area (Å²) in [4.78, 5) is 11.2. The topological polar surface area (TPSA) is 69.0 Å². The SMILES string of the molecule is O=C1CCCn2cc(nn2)COCCN1. The summed E-state index contributed by atoms with van der Waals surface area (Å²) >= 11 is 0. The molecule has 0 spiro atoms. The fourth-order valence-corrected chi connectivity index (χ4v) is 1.44. The van der Waals surface area contributed by atoms with Gasteiger partial charge in [0.15, 0.2) is 0 Å². The van der Waals surface area contributed by atoms with E-state index in [1.165, 1.54) is 0 Å². The lowest BCUT2D eigenvalue weighted by molar-refractivity contribution is -0.121. The number of rotatable bonds is 0. The van der Waals surface area contributed by atoms with Crippen LogP contribution in [0.1, 0.15) is 18.5 Å². The molecule has 0 radical (unpaired) electrons. The van der Waals surface area contributed by atoms with E-state index >= 15 is 0 Å². The predicted molar refractivity (Wildman–Crippen MR) is 51.9 cm³/mol. The van der Waals surface area contributed by atoms with Crippen LogP contribution in [0.15, 0.2) is 6.20 Å². The Bertz CT molecular complexity index is 337. The zero-order chi connectivity index (χ0) is 10.5. The second-order valence-electron chi connectivity index (χ2n) is 3.48. The summed E-state index contributed by atoms with van der Waals surface area (Å²) in [5.74, 6) is 0.0690. The molecular weight excluding hydrogens is 196 g/mol. The molecule has 0 aliphatic carbocycles. The summed E-state index contributed by atoms with van der Waals surface area (Å²) < 4.78 is 7.07. The van der Waals surface area contributed by atoms with Crippen molar-refractivity contribution < 1.29 is 9.53 Å². The van der Waals surface area contributed by atoms with E-state index in [0.29, 0.717) is 26.2 Å². The maximum Gasteiger partial charge on any atom is 0.220 e. The van der Waals surface area contributed by atoms with E-state index < -0.39 is 0 Å². The number of carbonyl (C=O) groups excluding carboxylic acids is 1. The lowest BCUT2D eigenvalue weighted by atomic mass is 10.3. The summed E-state index contributed by atoms with van der Waals surface area (Å²) in [6, 6.07) is 0. The molecular formula is C9H14N4O2. The highest BCUT2D eigenvalue weighted by Crippen LogP contribution is 2.00. The second kappa shape index (κ2) is 4.88. The van der Waals surface area contributed by atoms with E-state index in [1.807, 2.05) is 6.20 Å². The molecule has 6 nitrogen and oxygen atoms in total. The van der Waals surface area contributed by atoms with Crippen molar-refractivity contribution >= 4 is 5.91 Å². The van der Waals surface area contributed by atoms with E-state index in [4.69, 9.17) is 4.74 Å². The van der Waals surface area contributed by atoms with Gasteiger partial charge in [-0.1, -0.05) is 5.21 Å². The Balaban J connectivity index is 1.98. The van der Waals surface area contributed by atoms with Crippen LogP contribution in [-0.4, -0.2) is 34.1 Å². The highest BCUT2D eigenvalue weighted by atomic mass is 16.5. The Morgan fingerprint density at radius 1 is 1.53 bits per heavy atom. The second-order valence-corrected chi connectivity index (χ2v) is 3.48. The molecule has 2 rings (SSSR count). The number of carbonyl (C=O) groups is 1. The molecule has 0 saturated heterocycles. The minimum atomic E-state index is 0.0690. The standard InChI is InChI=1S/C9H14N4O2/c14-9-2-1-4-13-6-8(11-12-13)7-15-5-3-10-9/h6H,1-5,7H2,(H,10,14). The van der Waals surface area contributed by atoms with Gasteiger partial charge in [-0.2, -0.15) is 0 Å². The maximum atomic E-state index is 11.2.